The molecule has 0 aromatic heterocycles. The first-order chi connectivity index (χ1) is 9.20. The molecule has 19 heavy (non-hydrogen) atoms. The lowest BCUT2D eigenvalue weighted by Gasteiger charge is -2.05. The van der Waals surface area contributed by atoms with E-state index in [1.807, 2.05) is 21.7 Å². The van der Waals surface area contributed by atoms with E-state index in [4.69, 9.17) is 4.74 Å². The molecule has 0 aliphatic carbocycles. The summed E-state index contributed by atoms with van der Waals surface area (Å²) >= 11 is 0. The van der Waals surface area contributed by atoms with E-state index in [9.17, 15) is 4.79 Å². The van der Waals surface area contributed by atoms with E-state index in [2.05, 4.69) is 6.92 Å². The number of carbonyl (C=O) groups is 1. The summed E-state index contributed by atoms with van der Waals surface area (Å²) < 4.78 is 5.21. The van der Waals surface area contributed by atoms with Crippen LogP contribution >= 0.6 is 0 Å². The Balaban J connectivity index is 2.17. The molecule has 0 bridgehead atoms. The first-order valence-electron chi connectivity index (χ1n) is 7.79. The van der Waals surface area contributed by atoms with Crippen molar-refractivity contribution in [3.8, 4) is 0 Å². The summed E-state index contributed by atoms with van der Waals surface area (Å²) in [5.74, 6) is 2.52. The van der Waals surface area contributed by atoms with Crippen LogP contribution in [-0.4, -0.2) is 21.7 Å². The lowest BCUT2D eigenvalue weighted by Crippen LogP contribution is -1.97. The average Bonchev–Trinajstić information content (AvgIpc) is 2.69. The Bertz CT molecular complexity index is 359. The predicted octanol–water partition coefficient (Wildman–Crippen LogP) is 2.44. The topological polar surface area (TPSA) is 26.3 Å². The minimum absolute atomic E-state index is 0.164. The smallest absolute Gasteiger partial charge is 0.329 e. The zero-order valence-electron chi connectivity index (χ0n) is 12.8. The number of unbranched alkanes of at least 4 members (excludes halogenated alkanes) is 7. The highest BCUT2D eigenvalue weighted by molar-refractivity contribution is 6.37. The number of rotatable bonds is 9. The second-order valence-electron chi connectivity index (χ2n) is 5.37. The number of carbonyl (C=O) groups excluding carboxylic acids is 1. The molecule has 0 aromatic rings. The van der Waals surface area contributed by atoms with Crippen molar-refractivity contribution in [2.24, 2.45) is 0 Å². The molecule has 104 valence electrons. The van der Waals surface area contributed by atoms with Gasteiger partial charge >= 0.3 is 5.97 Å². The minimum Gasteiger partial charge on any atom is -0.425 e. The molecule has 1 rings (SSSR count). The van der Waals surface area contributed by atoms with Crippen molar-refractivity contribution >= 4 is 21.7 Å². The van der Waals surface area contributed by atoms with Gasteiger partial charge in [-0.2, -0.15) is 0 Å². The van der Waals surface area contributed by atoms with Gasteiger partial charge in [-0.05, 0) is 18.4 Å². The molecule has 4 heteroatoms. The Morgan fingerprint density at radius 1 is 1.05 bits per heavy atom. The number of allylic oxidation sites excluding steroid dienone is 1. The zero-order valence-corrected chi connectivity index (χ0v) is 12.8. The molecule has 2 nitrogen and oxygen atoms in total. The van der Waals surface area contributed by atoms with E-state index < -0.39 is 0 Å². The summed E-state index contributed by atoms with van der Waals surface area (Å²) in [4.78, 5) is 11.5. The molecule has 0 N–H and O–H groups in total. The van der Waals surface area contributed by atoms with Crippen LogP contribution in [0.5, 0.6) is 0 Å². The zero-order chi connectivity index (χ0) is 14.1. The Hall–Kier alpha value is -0.920. The molecule has 1 heterocycles. The molecule has 0 aromatic carbocycles. The molecule has 1 aliphatic heterocycles. The van der Waals surface area contributed by atoms with E-state index in [0.29, 0.717) is 0 Å². The molecule has 0 atom stereocenters. The highest BCUT2D eigenvalue weighted by Gasteiger charge is 2.24. The summed E-state index contributed by atoms with van der Waals surface area (Å²) in [5, 5.41) is 0. The molecule has 0 amide bonds. The van der Waals surface area contributed by atoms with Gasteiger partial charge in [0.1, 0.15) is 21.5 Å². The first kappa shape index (κ1) is 16.1. The third-order valence-electron chi connectivity index (χ3n) is 3.80. The van der Waals surface area contributed by atoms with Crippen LogP contribution in [0.3, 0.4) is 0 Å². The van der Waals surface area contributed by atoms with Crippen molar-refractivity contribution in [3.05, 3.63) is 22.8 Å². The number of esters is 1. The fourth-order valence-corrected chi connectivity index (χ4v) is 2.53. The summed E-state index contributed by atoms with van der Waals surface area (Å²) in [6.07, 6.45) is 11.5. The molecule has 0 unspecified atom stereocenters. The van der Waals surface area contributed by atoms with Crippen LogP contribution in [0.1, 0.15) is 64.7 Å². The summed E-state index contributed by atoms with van der Waals surface area (Å²) in [6.45, 7) is 2.25. The largest absolute Gasteiger partial charge is 0.425 e. The Morgan fingerprint density at radius 3 is 2.21 bits per heavy atom. The van der Waals surface area contributed by atoms with Gasteiger partial charge < -0.3 is 4.74 Å². The maximum atomic E-state index is 11.5. The monoisotopic (exact) mass is 260 g/mol. The fraction of sp³-hybridized carbons (Fsp3) is 0.667. The van der Waals surface area contributed by atoms with Crippen LogP contribution in [0, 0.1) is 0 Å². The quantitative estimate of drug-likeness (QED) is 0.361. The lowest BCUT2D eigenvalue weighted by atomic mass is 9.87. The molecule has 0 fully saturated rings. The second-order valence-corrected chi connectivity index (χ2v) is 5.37. The number of ether oxygens (including phenoxy) is 1. The Labute approximate surface area is 119 Å². The van der Waals surface area contributed by atoms with Gasteiger partial charge in [-0.25, -0.2) is 4.79 Å². The van der Waals surface area contributed by atoms with Gasteiger partial charge in [0.05, 0.1) is 0 Å². The van der Waals surface area contributed by atoms with Crippen LogP contribution < -0.4 is 0 Å². The maximum absolute atomic E-state index is 11.5. The van der Waals surface area contributed by atoms with E-state index in [-0.39, 0.29) is 5.97 Å². The molecule has 0 radical (unpaired) electrons. The first-order valence-corrected chi connectivity index (χ1v) is 7.79. The second kappa shape index (κ2) is 9.06. The highest BCUT2D eigenvalue weighted by Crippen LogP contribution is 2.28. The molecule has 0 saturated carbocycles. The lowest BCUT2D eigenvalue weighted by molar-refractivity contribution is -0.132. The number of hydrogen-bond donors (Lipinski definition) is 0. The molecular weight excluding hydrogens is 234 g/mol. The summed E-state index contributed by atoms with van der Waals surface area (Å²) in [6, 6.07) is 0. The van der Waals surface area contributed by atoms with Gasteiger partial charge in [0.25, 0.3) is 0 Å². The number of hydrogen-bond acceptors (Lipinski definition) is 2. The third kappa shape index (κ3) is 5.30. The highest BCUT2D eigenvalue weighted by atomic mass is 16.5. The van der Waals surface area contributed by atoms with E-state index >= 15 is 0 Å². The molecule has 0 saturated heterocycles. The number of cyclic esters (lactones) is 1. The SMILES string of the molecule is B/C=C1\OC(=O)C(B)=C1CCCCCCCCCC. The van der Waals surface area contributed by atoms with Gasteiger partial charge in [0.15, 0.2) is 0 Å². The van der Waals surface area contributed by atoms with E-state index in [1.54, 1.807) is 0 Å². The normalized spacial score (nSPS) is 17.3. The van der Waals surface area contributed by atoms with Gasteiger partial charge in [0, 0.05) is 5.47 Å². The van der Waals surface area contributed by atoms with Crippen molar-refractivity contribution in [2.75, 3.05) is 0 Å². The average molecular weight is 260 g/mol. The Morgan fingerprint density at radius 2 is 1.63 bits per heavy atom. The van der Waals surface area contributed by atoms with E-state index in [0.717, 1.165) is 29.6 Å². The van der Waals surface area contributed by atoms with Gasteiger partial charge in [-0.1, -0.05) is 57.8 Å². The van der Waals surface area contributed by atoms with Gasteiger partial charge in [-0.3, -0.25) is 0 Å². The minimum atomic E-state index is -0.164. The third-order valence-corrected chi connectivity index (χ3v) is 3.80. The maximum Gasteiger partial charge on any atom is 0.329 e. The van der Waals surface area contributed by atoms with Crippen molar-refractivity contribution in [1.82, 2.24) is 0 Å². The van der Waals surface area contributed by atoms with Crippen molar-refractivity contribution in [1.29, 1.82) is 0 Å². The van der Waals surface area contributed by atoms with Crippen LogP contribution in [0.15, 0.2) is 22.8 Å². The van der Waals surface area contributed by atoms with Crippen LogP contribution in [0.2, 0.25) is 0 Å². The van der Waals surface area contributed by atoms with Crippen molar-refractivity contribution in [2.45, 2.75) is 64.7 Å². The Kier molecular flexibility index (Phi) is 7.69. The van der Waals surface area contributed by atoms with Crippen molar-refractivity contribution in [3.63, 3.8) is 0 Å². The predicted molar refractivity (Wildman–Crippen MR) is 85.5 cm³/mol. The summed E-state index contributed by atoms with van der Waals surface area (Å²) in [7, 11) is 3.80. The summed E-state index contributed by atoms with van der Waals surface area (Å²) in [5.41, 5.74) is 1.93. The molecule has 1 aliphatic rings. The van der Waals surface area contributed by atoms with Gasteiger partial charge in [0.2, 0.25) is 0 Å². The van der Waals surface area contributed by atoms with E-state index in [1.165, 1.54) is 44.9 Å². The fourth-order valence-electron chi connectivity index (χ4n) is 2.53. The van der Waals surface area contributed by atoms with Crippen molar-refractivity contribution < 1.29 is 9.53 Å². The van der Waals surface area contributed by atoms with Crippen LogP contribution in [-0.2, 0) is 9.53 Å². The van der Waals surface area contributed by atoms with Gasteiger partial charge in [-0.15, -0.1) is 0 Å². The van der Waals surface area contributed by atoms with Crippen LogP contribution in [0.25, 0.3) is 0 Å². The standard InChI is InChI=1S/C15H26B2O2/c1-2-3-4-5-6-7-8-9-10-12-13(11-16)19-15(18)14(12)17/h11H,2-10,16-17H2,1H3/b13-11-. The molecule has 0 spiro atoms. The molecular formula is C15H26B2O2. The van der Waals surface area contributed by atoms with Crippen LogP contribution in [0.4, 0.5) is 0 Å².